The van der Waals surface area contributed by atoms with Gasteiger partial charge in [0.25, 0.3) is 0 Å². The molecular weight excluding hydrogens is 166 g/mol. The predicted octanol–water partition coefficient (Wildman–Crippen LogP) is 0.152. The van der Waals surface area contributed by atoms with E-state index in [0.29, 0.717) is 12.1 Å². The van der Waals surface area contributed by atoms with Crippen molar-refractivity contribution in [3.63, 3.8) is 0 Å². The third-order valence-corrected chi connectivity index (χ3v) is 2.65. The fourth-order valence-electron chi connectivity index (χ4n) is 1.56. The van der Waals surface area contributed by atoms with E-state index in [1.165, 1.54) is 0 Å². The van der Waals surface area contributed by atoms with Crippen molar-refractivity contribution in [2.45, 2.75) is 31.8 Å². The van der Waals surface area contributed by atoms with Gasteiger partial charge in [0.2, 0.25) is 0 Å². The fraction of sp³-hybridized carbons (Fsp3) is 0.889. The number of urea groups is 1. The van der Waals surface area contributed by atoms with E-state index in [0.717, 1.165) is 32.5 Å². The minimum atomic E-state index is 0.0169. The number of likely N-dealkylation sites (tertiary alicyclic amines) is 1. The Kier molecular flexibility index (Phi) is 2.40. The summed E-state index contributed by atoms with van der Waals surface area (Å²) < 4.78 is 0. The zero-order valence-electron chi connectivity index (χ0n) is 8.05. The zero-order chi connectivity index (χ0) is 9.26. The summed E-state index contributed by atoms with van der Waals surface area (Å²) in [6, 6.07) is 0.851. The average molecular weight is 183 g/mol. The summed E-state index contributed by atoms with van der Waals surface area (Å²) in [7, 11) is 0. The Morgan fingerprint density at radius 3 is 2.46 bits per heavy atom. The maximum atomic E-state index is 11.3. The van der Waals surface area contributed by atoms with Gasteiger partial charge >= 0.3 is 6.03 Å². The van der Waals surface area contributed by atoms with E-state index in [-0.39, 0.29) is 6.03 Å². The molecule has 1 saturated heterocycles. The first-order valence-electron chi connectivity index (χ1n) is 5.07. The molecule has 0 bridgehead atoms. The molecule has 0 unspecified atom stereocenters. The highest BCUT2D eigenvalue weighted by molar-refractivity contribution is 5.75. The van der Waals surface area contributed by atoms with E-state index in [9.17, 15) is 4.79 Å². The van der Waals surface area contributed by atoms with Gasteiger partial charge in [-0.05, 0) is 19.4 Å². The highest BCUT2D eigenvalue weighted by Gasteiger charge is 2.28. The number of rotatable bonds is 3. The van der Waals surface area contributed by atoms with Gasteiger partial charge in [0, 0.05) is 19.1 Å². The molecule has 0 aromatic rings. The van der Waals surface area contributed by atoms with Gasteiger partial charge in [-0.3, -0.25) is 4.90 Å². The molecule has 2 aliphatic rings. The molecule has 0 aromatic heterocycles. The monoisotopic (exact) mass is 183 g/mol. The van der Waals surface area contributed by atoms with Gasteiger partial charge in [-0.15, -0.1) is 0 Å². The molecule has 2 N–H and O–H groups in total. The largest absolute Gasteiger partial charge is 0.335 e. The van der Waals surface area contributed by atoms with Crippen molar-refractivity contribution in [2.24, 2.45) is 0 Å². The smallest absolute Gasteiger partial charge is 0.315 e. The Morgan fingerprint density at radius 1 is 1.31 bits per heavy atom. The fourth-order valence-corrected chi connectivity index (χ4v) is 1.56. The highest BCUT2D eigenvalue weighted by Crippen LogP contribution is 2.18. The van der Waals surface area contributed by atoms with Crippen molar-refractivity contribution in [3.05, 3.63) is 0 Å². The first-order valence-corrected chi connectivity index (χ1v) is 5.07. The summed E-state index contributed by atoms with van der Waals surface area (Å²) in [6.07, 6.45) is 2.30. The summed E-state index contributed by atoms with van der Waals surface area (Å²) in [5, 5.41) is 5.88. The van der Waals surface area contributed by atoms with Gasteiger partial charge in [-0.2, -0.15) is 0 Å². The SMILES string of the molecule is CCN1CC(NC(=O)NC2CC2)C1. The van der Waals surface area contributed by atoms with Gasteiger partial charge in [0.1, 0.15) is 0 Å². The van der Waals surface area contributed by atoms with Crippen LogP contribution >= 0.6 is 0 Å². The van der Waals surface area contributed by atoms with Crippen molar-refractivity contribution in [3.8, 4) is 0 Å². The van der Waals surface area contributed by atoms with Gasteiger partial charge in [-0.25, -0.2) is 4.79 Å². The summed E-state index contributed by atoms with van der Waals surface area (Å²) in [4.78, 5) is 13.6. The number of amides is 2. The number of carbonyl (C=O) groups is 1. The van der Waals surface area contributed by atoms with E-state index in [1.807, 2.05) is 0 Å². The van der Waals surface area contributed by atoms with Crippen LogP contribution in [0.5, 0.6) is 0 Å². The Bertz CT molecular complexity index is 197. The molecular formula is C9H17N3O. The Balaban J connectivity index is 1.59. The Hall–Kier alpha value is -0.770. The van der Waals surface area contributed by atoms with Gasteiger partial charge in [0.15, 0.2) is 0 Å². The second-order valence-electron chi connectivity index (χ2n) is 3.94. The minimum Gasteiger partial charge on any atom is -0.335 e. The number of likely N-dealkylation sites (N-methyl/N-ethyl adjacent to an activating group) is 1. The second-order valence-corrected chi connectivity index (χ2v) is 3.94. The number of hydrogen-bond donors (Lipinski definition) is 2. The molecule has 0 spiro atoms. The molecule has 1 heterocycles. The van der Waals surface area contributed by atoms with Gasteiger partial charge in [-0.1, -0.05) is 6.92 Å². The van der Waals surface area contributed by atoms with Crippen LogP contribution in [0.4, 0.5) is 4.79 Å². The maximum absolute atomic E-state index is 11.3. The van der Waals surface area contributed by atoms with E-state index < -0.39 is 0 Å². The molecule has 74 valence electrons. The summed E-state index contributed by atoms with van der Waals surface area (Å²) in [5.74, 6) is 0. The van der Waals surface area contributed by atoms with Crippen LogP contribution < -0.4 is 10.6 Å². The van der Waals surface area contributed by atoms with Crippen LogP contribution in [-0.2, 0) is 0 Å². The maximum Gasteiger partial charge on any atom is 0.315 e. The lowest BCUT2D eigenvalue weighted by Gasteiger charge is -2.38. The van der Waals surface area contributed by atoms with Crippen molar-refractivity contribution in [1.29, 1.82) is 0 Å². The molecule has 1 aliphatic carbocycles. The van der Waals surface area contributed by atoms with Crippen molar-refractivity contribution >= 4 is 6.03 Å². The van der Waals surface area contributed by atoms with Crippen molar-refractivity contribution < 1.29 is 4.79 Å². The van der Waals surface area contributed by atoms with Crippen LogP contribution in [0.3, 0.4) is 0 Å². The second kappa shape index (κ2) is 3.54. The summed E-state index contributed by atoms with van der Waals surface area (Å²) >= 11 is 0. The number of nitrogens with zero attached hydrogens (tertiary/aromatic N) is 1. The summed E-state index contributed by atoms with van der Waals surface area (Å²) in [5.41, 5.74) is 0. The van der Waals surface area contributed by atoms with Crippen molar-refractivity contribution in [2.75, 3.05) is 19.6 Å². The van der Waals surface area contributed by atoms with E-state index >= 15 is 0 Å². The topological polar surface area (TPSA) is 44.4 Å². The first kappa shape index (κ1) is 8.81. The lowest BCUT2D eigenvalue weighted by molar-refractivity contribution is 0.136. The normalized spacial score (nSPS) is 23.8. The molecule has 0 atom stereocenters. The molecule has 2 rings (SSSR count). The lowest BCUT2D eigenvalue weighted by atomic mass is 10.1. The number of nitrogens with one attached hydrogen (secondary N) is 2. The van der Waals surface area contributed by atoms with E-state index in [2.05, 4.69) is 22.5 Å². The van der Waals surface area contributed by atoms with Crippen LogP contribution in [0.2, 0.25) is 0 Å². The highest BCUT2D eigenvalue weighted by atomic mass is 16.2. The first-order chi connectivity index (χ1) is 6.28. The summed E-state index contributed by atoms with van der Waals surface area (Å²) in [6.45, 7) is 5.24. The Morgan fingerprint density at radius 2 is 1.92 bits per heavy atom. The standard InChI is InChI=1S/C9H17N3O/c1-2-12-5-8(6-12)11-9(13)10-7-3-4-7/h7-8H,2-6H2,1H3,(H2,10,11,13). The van der Waals surface area contributed by atoms with Crippen LogP contribution in [0.15, 0.2) is 0 Å². The molecule has 2 amide bonds. The molecule has 4 heteroatoms. The zero-order valence-corrected chi connectivity index (χ0v) is 8.05. The van der Waals surface area contributed by atoms with Crippen LogP contribution in [-0.4, -0.2) is 42.6 Å². The minimum absolute atomic E-state index is 0.0169. The van der Waals surface area contributed by atoms with Gasteiger partial charge in [0.05, 0.1) is 6.04 Å². The van der Waals surface area contributed by atoms with Crippen LogP contribution in [0.25, 0.3) is 0 Å². The Labute approximate surface area is 78.7 Å². The molecule has 1 saturated carbocycles. The third-order valence-electron chi connectivity index (χ3n) is 2.65. The molecule has 0 radical (unpaired) electrons. The molecule has 1 aliphatic heterocycles. The van der Waals surface area contributed by atoms with E-state index in [4.69, 9.17) is 0 Å². The van der Waals surface area contributed by atoms with Gasteiger partial charge < -0.3 is 10.6 Å². The number of carbonyl (C=O) groups excluding carboxylic acids is 1. The predicted molar refractivity (Wildman–Crippen MR) is 50.6 cm³/mol. The lowest BCUT2D eigenvalue weighted by Crippen LogP contribution is -2.60. The molecule has 0 aromatic carbocycles. The van der Waals surface area contributed by atoms with Crippen LogP contribution in [0, 0.1) is 0 Å². The quantitative estimate of drug-likeness (QED) is 0.654. The molecule has 4 nitrogen and oxygen atoms in total. The van der Waals surface area contributed by atoms with E-state index in [1.54, 1.807) is 0 Å². The molecule has 13 heavy (non-hydrogen) atoms. The number of hydrogen-bond acceptors (Lipinski definition) is 2. The third kappa shape index (κ3) is 2.34. The average Bonchev–Trinajstić information content (AvgIpc) is 2.79. The van der Waals surface area contributed by atoms with Crippen LogP contribution in [0.1, 0.15) is 19.8 Å². The van der Waals surface area contributed by atoms with Crippen molar-refractivity contribution in [1.82, 2.24) is 15.5 Å². The molecule has 2 fully saturated rings.